The van der Waals surface area contributed by atoms with Crippen LogP contribution in [0.25, 0.3) is 16.2 Å². The second-order valence-electron chi connectivity index (χ2n) is 3.49. The van der Waals surface area contributed by atoms with E-state index >= 15 is 0 Å². The first-order valence-electron chi connectivity index (χ1n) is 4.87. The molecule has 0 saturated heterocycles. The van der Waals surface area contributed by atoms with Crippen LogP contribution < -0.4 is 4.98 Å². The minimum atomic E-state index is -0.294. The average Bonchev–Trinajstić information content (AvgIpc) is 2.70. The molecule has 0 aliphatic rings. The Morgan fingerprint density at radius 2 is 1.94 bits per heavy atom. The molecule has 0 fully saturated rings. The predicted octanol–water partition coefficient (Wildman–Crippen LogP) is 2.37. The van der Waals surface area contributed by atoms with Crippen LogP contribution in [0.3, 0.4) is 0 Å². The van der Waals surface area contributed by atoms with Gasteiger partial charge >= 0.3 is 0 Å². The summed E-state index contributed by atoms with van der Waals surface area (Å²) < 4.78 is 0. The van der Waals surface area contributed by atoms with Crippen molar-refractivity contribution in [3.8, 4) is 0 Å². The minimum Gasteiger partial charge on any atom is -0.663 e. The number of hydrogen-bond donors (Lipinski definition) is 0. The van der Waals surface area contributed by atoms with Gasteiger partial charge in [-0.1, -0.05) is 37.2 Å². The molecule has 0 bridgehead atoms. The topological polar surface area (TPSA) is 45.3 Å². The van der Waals surface area contributed by atoms with E-state index in [4.69, 9.17) is 0 Å². The van der Waals surface area contributed by atoms with Crippen LogP contribution in [-0.2, 0) is 40.8 Å². The zero-order valence-corrected chi connectivity index (χ0v) is 15.0. The van der Waals surface area contributed by atoms with Gasteiger partial charge in [0.25, 0.3) is 0 Å². The molecule has 92 valence electrons. The third-order valence-electron chi connectivity index (χ3n) is 2.56. The Balaban J connectivity index is 0.00000128. The first-order chi connectivity index (χ1) is 7.24. The van der Waals surface area contributed by atoms with Gasteiger partial charge in [-0.15, -0.1) is 5.52 Å². The second-order valence-corrected chi connectivity index (χ2v) is 3.49. The number of benzene rings is 1. The fourth-order valence-electron chi connectivity index (χ4n) is 1.56. The van der Waals surface area contributed by atoms with E-state index in [1.807, 2.05) is 24.3 Å². The van der Waals surface area contributed by atoms with E-state index < -0.39 is 0 Å². The van der Waals surface area contributed by atoms with Crippen LogP contribution in [-0.4, -0.2) is 18.9 Å². The van der Waals surface area contributed by atoms with Gasteiger partial charge in [0.1, 0.15) is 5.78 Å². The first kappa shape index (κ1) is 16.7. The molecular formula is C12H12N2ORe2-2. The maximum Gasteiger partial charge on any atom is 0.144 e. The number of carbonyl (C=O) groups is 1. The predicted molar refractivity (Wildman–Crippen MR) is 60.3 cm³/mol. The number of para-hydroxylation sites is 1. The van der Waals surface area contributed by atoms with Crippen molar-refractivity contribution >= 4 is 16.7 Å². The maximum atomic E-state index is 11.9. The van der Waals surface area contributed by atoms with Gasteiger partial charge in [0.05, 0.1) is 0 Å². The molecule has 0 amide bonds. The Bertz CT molecular complexity index is 496. The van der Waals surface area contributed by atoms with Crippen molar-refractivity contribution in [2.24, 2.45) is 0 Å². The maximum absolute atomic E-state index is 11.9. The molecule has 0 spiro atoms. The quantitative estimate of drug-likeness (QED) is 0.531. The zero-order chi connectivity index (χ0) is 10.8. The molecule has 1 unspecified atom stereocenters. The number of ketones is 1. The van der Waals surface area contributed by atoms with Crippen LogP contribution in [0.1, 0.15) is 17.3 Å². The van der Waals surface area contributed by atoms with Gasteiger partial charge in [-0.05, 0) is 5.39 Å². The number of likely N-dealkylation sites (N-methyl/N-ethyl adjacent to an activating group) is 1. The van der Waals surface area contributed by atoms with Crippen molar-refractivity contribution in [3.63, 3.8) is 0 Å². The zero-order valence-electron chi connectivity index (χ0n) is 9.52. The standard InChI is InChI=1S/C12H13N2O.2Re/c1-8(13-2)12(15)10-7-14-11-6-4-3-5-9(10)11;;/h3-8H,1-2H3,(H,14,15);;/q-1;;/p-1. The molecule has 2 aromatic rings. The van der Waals surface area contributed by atoms with E-state index in [0.717, 1.165) is 10.9 Å². The SMILES string of the molecule is C[N-]C(C)C(=O)c1c[n-]c2ccccc12.[Re].[Re]. The average molecular weight is 573 g/mol. The van der Waals surface area contributed by atoms with Crippen LogP contribution in [0.4, 0.5) is 0 Å². The monoisotopic (exact) mass is 574 g/mol. The van der Waals surface area contributed by atoms with E-state index in [1.54, 1.807) is 20.2 Å². The van der Waals surface area contributed by atoms with Crippen LogP contribution in [0.2, 0.25) is 0 Å². The van der Waals surface area contributed by atoms with E-state index in [2.05, 4.69) is 10.3 Å². The van der Waals surface area contributed by atoms with Crippen LogP contribution in [0.15, 0.2) is 30.5 Å². The van der Waals surface area contributed by atoms with Gasteiger partial charge in [-0.25, -0.2) is 0 Å². The molecule has 0 aliphatic heterocycles. The van der Waals surface area contributed by atoms with E-state index in [9.17, 15) is 4.79 Å². The third kappa shape index (κ3) is 3.35. The van der Waals surface area contributed by atoms with Crippen molar-refractivity contribution in [1.29, 1.82) is 0 Å². The smallest absolute Gasteiger partial charge is 0.144 e. The van der Waals surface area contributed by atoms with Crippen LogP contribution in [0.5, 0.6) is 0 Å². The number of Topliss-reactive ketones (excluding diaryl/α,β-unsaturated/α-hetero) is 1. The third-order valence-corrected chi connectivity index (χ3v) is 2.56. The molecule has 1 atom stereocenters. The molecule has 3 nitrogen and oxygen atoms in total. The largest absolute Gasteiger partial charge is 0.663 e. The number of carbonyl (C=O) groups excluding carboxylic acids is 1. The summed E-state index contributed by atoms with van der Waals surface area (Å²) in [5, 5.41) is 4.89. The van der Waals surface area contributed by atoms with Crippen molar-refractivity contribution < 1.29 is 45.6 Å². The summed E-state index contributed by atoms with van der Waals surface area (Å²) in [6, 6.07) is 7.35. The second kappa shape index (κ2) is 7.22. The van der Waals surface area contributed by atoms with Gasteiger partial charge < -0.3 is 10.3 Å². The summed E-state index contributed by atoms with van der Waals surface area (Å²) >= 11 is 0. The summed E-state index contributed by atoms with van der Waals surface area (Å²) in [6.07, 6.45) is 1.63. The summed E-state index contributed by atoms with van der Waals surface area (Å²) in [7, 11) is 1.65. The number of rotatable bonds is 3. The number of nitrogens with zero attached hydrogens (tertiary/aromatic N) is 2. The summed E-state index contributed by atoms with van der Waals surface area (Å²) in [4.78, 5) is 16.1. The Kier molecular flexibility index (Phi) is 7.09. The van der Waals surface area contributed by atoms with Gasteiger partial charge in [-0.2, -0.15) is 13.2 Å². The molecule has 5 heteroatoms. The van der Waals surface area contributed by atoms with Crippen molar-refractivity contribution in [2.75, 3.05) is 7.05 Å². The van der Waals surface area contributed by atoms with Gasteiger partial charge in [0.15, 0.2) is 0 Å². The molecule has 2 rings (SSSR count). The normalized spacial score (nSPS) is 11.4. The van der Waals surface area contributed by atoms with Gasteiger partial charge in [0, 0.05) is 46.4 Å². The Labute approximate surface area is 128 Å². The number of fused-ring (bicyclic) bond motifs is 1. The van der Waals surface area contributed by atoms with Gasteiger partial charge in [-0.3, -0.25) is 4.79 Å². The summed E-state index contributed by atoms with van der Waals surface area (Å²) in [5.74, 6) is 0.0335. The summed E-state index contributed by atoms with van der Waals surface area (Å²) in [5.41, 5.74) is 1.54. The van der Waals surface area contributed by atoms with Crippen molar-refractivity contribution in [1.82, 2.24) is 4.98 Å². The first-order valence-corrected chi connectivity index (χ1v) is 4.87. The fraction of sp³-hybridized carbons (Fsp3) is 0.250. The number of aromatic nitrogens is 1. The van der Waals surface area contributed by atoms with Crippen molar-refractivity contribution in [2.45, 2.75) is 13.0 Å². The molecule has 1 heterocycles. The fourth-order valence-corrected chi connectivity index (χ4v) is 1.56. The van der Waals surface area contributed by atoms with E-state index in [0.29, 0.717) is 5.56 Å². The number of hydrogen-bond acceptors (Lipinski definition) is 1. The molecule has 17 heavy (non-hydrogen) atoms. The molecule has 1 aromatic carbocycles. The molecule has 0 saturated carbocycles. The Morgan fingerprint density at radius 1 is 1.29 bits per heavy atom. The molecule has 0 aliphatic carbocycles. The van der Waals surface area contributed by atoms with E-state index in [-0.39, 0.29) is 52.7 Å². The molecule has 0 N–H and O–H groups in total. The summed E-state index contributed by atoms with van der Waals surface area (Å²) in [6.45, 7) is 1.80. The van der Waals surface area contributed by atoms with E-state index in [1.165, 1.54) is 0 Å². The molecule has 1 aromatic heterocycles. The molecular weight excluding hydrogens is 561 g/mol. The van der Waals surface area contributed by atoms with Crippen LogP contribution >= 0.6 is 0 Å². The van der Waals surface area contributed by atoms with Gasteiger partial charge in [0.2, 0.25) is 0 Å². The Hall–Kier alpha value is -0.285. The van der Waals surface area contributed by atoms with Crippen molar-refractivity contribution in [3.05, 3.63) is 41.3 Å². The Morgan fingerprint density at radius 3 is 2.59 bits per heavy atom. The minimum absolute atomic E-state index is 0. The molecule has 2 radical (unpaired) electrons. The van der Waals surface area contributed by atoms with Crippen LogP contribution in [0, 0.1) is 0 Å².